The fraction of sp³-hybridized carbons (Fsp3) is 0.562. The number of rotatable bonds is 6. The Morgan fingerprint density at radius 1 is 1.40 bits per heavy atom. The summed E-state index contributed by atoms with van der Waals surface area (Å²) in [7, 11) is 1.57. The highest BCUT2D eigenvalue weighted by molar-refractivity contribution is 5.82. The van der Waals surface area contributed by atoms with E-state index in [1.165, 1.54) is 19.3 Å². The number of ether oxygens (including phenoxy) is 1. The molecule has 2 atom stereocenters. The highest BCUT2D eigenvalue weighted by atomic mass is 16.5. The fourth-order valence-corrected chi connectivity index (χ4v) is 2.66. The summed E-state index contributed by atoms with van der Waals surface area (Å²) in [5, 5.41) is 6.46. The molecule has 1 amide bonds. The summed E-state index contributed by atoms with van der Waals surface area (Å²) in [4.78, 5) is 12.2. The molecule has 2 rings (SSSR count). The molecular weight excluding hydrogens is 252 g/mol. The van der Waals surface area contributed by atoms with Crippen molar-refractivity contribution in [1.29, 1.82) is 0 Å². The number of carbonyl (C=O) groups is 1. The summed E-state index contributed by atoms with van der Waals surface area (Å²) >= 11 is 0. The van der Waals surface area contributed by atoms with Crippen molar-refractivity contribution in [3.63, 3.8) is 0 Å². The molecule has 0 spiro atoms. The molecule has 1 aromatic rings. The average Bonchev–Trinajstić information content (AvgIpc) is 2.50. The van der Waals surface area contributed by atoms with Crippen LogP contribution in [0.4, 0.5) is 0 Å². The molecule has 2 unspecified atom stereocenters. The van der Waals surface area contributed by atoms with Crippen LogP contribution in [0.15, 0.2) is 30.3 Å². The van der Waals surface area contributed by atoms with Gasteiger partial charge in [0.1, 0.15) is 0 Å². The maximum Gasteiger partial charge on any atom is 0.253 e. The molecule has 1 heterocycles. The van der Waals surface area contributed by atoms with Crippen LogP contribution in [0, 0.1) is 0 Å². The number of hydrogen-bond acceptors (Lipinski definition) is 3. The van der Waals surface area contributed by atoms with Gasteiger partial charge in [0.15, 0.2) is 6.10 Å². The third-order valence-electron chi connectivity index (χ3n) is 3.78. The van der Waals surface area contributed by atoms with Gasteiger partial charge in [-0.2, -0.15) is 0 Å². The number of piperidine rings is 1. The third-order valence-corrected chi connectivity index (χ3v) is 3.78. The van der Waals surface area contributed by atoms with Gasteiger partial charge in [0.2, 0.25) is 0 Å². The first-order valence-corrected chi connectivity index (χ1v) is 7.40. The molecule has 20 heavy (non-hydrogen) atoms. The van der Waals surface area contributed by atoms with Crippen LogP contribution in [-0.2, 0) is 9.53 Å². The van der Waals surface area contributed by atoms with Gasteiger partial charge >= 0.3 is 0 Å². The number of carbonyl (C=O) groups excluding carboxylic acids is 1. The van der Waals surface area contributed by atoms with Gasteiger partial charge in [-0.3, -0.25) is 4.79 Å². The highest BCUT2D eigenvalue weighted by Crippen LogP contribution is 2.16. The zero-order valence-corrected chi connectivity index (χ0v) is 12.1. The monoisotopic (exact) mass is 276 g/mol. The minimum atomic E-state index is -0.518. The molecule has 0 radical (unpaired) electrons. The maximum atomic E-state index is 12.2. The Bertz CT molecular complexity index is 402. The Morgan fingerprint density at radius 2 is 2.20 bits per heavy atom. The van der Waals surface area contributed by atoms with Crippen molar-refractivity contribution in [2.75, 3.05) is 20.2 Å². The molecule has 110 valence electrons. The zero-order valence-electron chi connectivity index (χ0n) is 12.1. The van der Waals surface area contributed by atoms with Crippen LogP contribution in [0.25, 0.3) is 0 Å². The summed E-state index contributed by atoms with van der Waals surface area (Å²) in [6.07, 6.45) is 4.23. The first-order valence-electron chi connectivity index (χ1n) is 7.40. The van der Waals surface area contributed by atoms with E-state index in [0.29, 0.717) is 12.6 Å². The molecule has 0 bridgehead atoms. The summed E-state index contributed by atoms with van der Waals surface area (Å²) in [5.74, 6) is -0.0606. The largest absolute Gasteiger partial charge is 0.367 e. The lowest BCUT2D eigenvalue weighted by Crippen LogP contribution is -2.38. The van der Waals surface area contributed by atoms with Crippen molar-refractivity contribution in [3.8, 4) is 0 Å². The summed E-state index contributed by atoms with van der Waals surface area (Å²) in [5.41, 5.74) is 0.892. The average molecular weight is 276 g/mol. The van der Waals surface area contributed by atoms with E-state index in [1.54, 1.807) is 7.11 Å². The van der Waals surface area contributed by atoms with Crippen molar-refractivity contribution in [1.82, 2.24) is 10.6 Å². The molecule has 1 aliphatic rings. The minimum Gasteiger partial charge on any atom is -0.367 e. The number of hydrogen-bond donors (Lipinski definition) is 2. The molecule has 4 heteroatoms. The van der Waals surface area contributed by atoms with Crippen molar-refractivity contribution < 1.29 is 9.53 Å². The Hall–Kier alpha value is -1.39. The number of benzene rings is 1. The van der Waals surface area contributed by atoms with E-state index >= 15 is 0 Å². The molecule has 0 aliphatic carbocycles. The van der Waals surface area contributed by atoms with Gasteiger partial charge in [-0.05, 0) is 31.4 Å². The lowest BCUT2D eigenvalue weighted by atomic mass is 10.0. The normalized spacial score (nSPS) is 20.4. The predicted octanol–water partition coefficient (Wildman–Crippen LogP) is 2.02. The van der Waals surface area contributed by atoms with Gasteiger partial charge in [-0.1, -0.05) is 36.8 Å². The molecular formula is C16H24N2O2. The second kappa shape index (κ2) is 8.02. The van der Waals surface area contributed by atoms with Gasteiger partial charge in [0.05, 0.1) is 0 Å². The van der Waals surface area contributed by atoms with Crippen LogP contribution in [-0.4, -0.2) is 32.1 Å². The van der Waals surface area contributed by atoms with Crippen LogP contribution in [0.1, 0.15) is 37.4 Å². The minimum absolute atomic E-state index is 0.0606. The van der Waals surface area contributed by atoms with Gasteiger partial charge < -0.3 is 15.4 Å². The van der Waals surface area contributed by atoms with Crippen LogP contribution in [0.5, 0.6) is 0 Å². The van der Waals surface area contributed by atoms with E-state index in [9.17, 15) is 4.79 Å². The fourth-order valence-electron chi connectivity index (χ4n) is 2.66. The molecule has 2 N–H and O–H groups in total. The highest BCUT2D eigenvalue weighted by Gasteiger charge is 2.20. The van der Waals surface area contributed by atoms with Crippen LogP contribution in [0.3, 0.4) is 0 Å². The van der Waals surface area contributed by atoms with Crippen molar-refractivity contribution >= 4 is 5.91 Å². The van der Waals surface area contributed by atoms with Crippen LogP contribution >= 0.6 is 0 Å². The maximum absolute atomic E-state index is 12.2. The standard InChI is InChI=1S/C16H24N2O2/c1-20-15(13-7-3-2-4-8-13)16(19)18-12-10-14-9-5-6-11-17-14/h2-4,7-8,14-15,17H,5-6,9-12H2,1H3,(H,18,19). The van der Waals surface area contributed by atoms with Crippen molar-refractivity contribution in [2.45, 2.75) is 37.8 Å². The van der Waals surface area contributed by atoms with Crippen molar-refractivity contribution in [2.24, 2.45) is 0 Å². The van der Waals surface area contributed by atoms with E-state index < -0.39 is 6.10 Å². The second-order valence-corrected chi connectivity index (χ2v) is 5.25. The van der Waals surface area contributed by atoms with Gasteiger partial charge in [-0.25, -0.2) is 0 Å². The molecule has 4 nitrogen and oxygen atoms in total. The van der Waals surface area contributed by atoms with Gasteiger partial charge in [0, 0.05) is 19.7 Å². The first-order chi connectivity index (χ1) is 9.81. The van der Waals surface area contributed by atoms with E-state index in [0.717, 1.165) is 18.5 Å². The second-order valence-electron chi connectivity index (χ2n) is 5.25. The number of nitrogens with one attached hydrogen (secondary N) is 2. The summed E-state index contributed by atoms with van der Waals surface area (Å²) < 4.78 is 5.31. The van der Waals surface area contributed by atoms with Gasteiger partial charge in [-0.15, -0.1) is 0 Å². The van der Waals surface area contributed by atoms with Crippen LogP contribution in [0.2, 0.25) is 0 Å². The molecule has 0 aromatic heterocycles. The Morgan fingerprint density at radius 3 is 2.85 bits per heavy atom. The number of methoxy groups -OCH3 is 1. The summed E-state index contributed by atoms with van der Waals surface area (Å²) in [6.45, 7) is 1.80. The number of amides is 1. The first kappa shape index (κ1) is 15.0. The summed E-state index contributed by atoms with van der Waals surface area (Å²) in [6, 6.07) is 10.1. The zero-order chi connectivity index (χ0) is 14.2. The molecule has 1 saturated heterocycles. The molecule has 1 aromatic carbocycles. The van der Waals surface area contributed by atoms with Gasteiger partial charge in [0.25, 0.3) is 5.91 Å². The Balaban J connectivity index is 1.78. The van der Waals surface area contributed by atoms with E-state index in [2.05, 4.69) is 10.6 Å². The quantitative estimate of drug-likeness (QED) is 0.836. The lowest BCUT2D eigenvalue weighted by Gasteiger charge is -2.24. The Kier molecular flexibility index (Phi) is 6.02. The molecule has 1 aliphatic heterocycles. The topological polar surface area (TPSA) is 50.4 Å². The molecule has 0 saturated carbocycles. The lowest BCUT2D eigenvalue weighted by molar-refractivity contribution is -0.131. The third kappa shape index (κ3) is 4.32. The smallest absolute Gasteiger partial charge is 0.253 e. The van der Waals surface area contributed by atoms with Crippen molar-refractivity contribution in [3.05, 3.63) is 35.9 Å². The van der Waals surface area contributed by atoms with Crippen LogP contribution < -0.4 is 10.6 Å². The van der Waals surface area contributed by atoms with E-state index in [-0.39, 0.29) is 5.91 Å². The van der Waals surface area contributed by atoms with E-state index in [4.69, 9.17) is 4.74 Å². The van der Waals surface area contributed by atoms with E-state index in [1.807, 2.05) is 30.3 Å². The molecule has 1 fully saturated rings. The predicted molar refractivity (Wildman–Crippen MR) is 79.5 cm³/mol. The SMILES string of the molecule is COC(C(=O)NCCC1CCCCN1)c1ccccc1. The Labute approximate surface area is 120 Å².